The molecule has 130 valence electrons. The van der Waals surface area contributed by atoms with Gasteiger partial charge in [-0.2, -0.15) is 15.4 Å². The second-order valence-corrected chi connectivity index (χ2v) is 7.03. The van der Waals surface area contributed by atoms with Gasteiger partial charge < -0.3 is 9.47 Å². The highest BCUT2D eigenvalue weighted by Crippen LogP contribution is 2.28. The molecule has 1 aromatic carbocycles. The fourth-order valence-corrected chi connectivity index (χ4v) is 3.60. The van der Waals surface area contributed by atoms with Gasteiger partial charge in [-0.15, -0.1) is 10.2 Å². The van der Waals surface area contributed by atoms with Crippen LogP contribution in [0.3, 0.4) is 0 Å². The molecule has 1 aliphatic rings. The van der Waals surface area contributed by atoms with Crippen LogP contribution in [0.5, 0.6) is 0 Å². The Morgan fingerprint density at radius 2 is 2.08 bits per heavy atom. The summed E-state index contributed by atoms with van der Waals surface area (Å²) in [6, 6.07) is 5.60. The molecule has 2 aromatic heterocycles. The molecule has 1 aliphatic heterocycles. The van der Waals surface area contributed by atoms with Crippen molar-refractivity contribution in [1.29, 1.82) is 0 Å². The van der Waals surface area contributed by atoms with Crippen molar-refractivity contribution in [3.63, 3.8) is 0 Å². The first-order valence-corrected chi connectivity index (χ1v) is 8.53. The first-order valence-electron chi connectivity index (χ1n) is 8.53. The molecule has 0 unspecified atom stereocenters. The number of H-pyrrole nitrogens is 1. The Labute approximate surface area is 145 Å². The van der Waals surface area contributed by atoms with Crippen LogP contribution in [-0.4, -0.2) is 47.5 Å². The monoisotopic (exact) mass is 339 g/mol. The molecule has 0 saturated carbocycles. The average molecular weight is 339 g/mol. The van der Waals surface area contributed by atoms with Crippen LogP contribution in [-0.2, 0) is 6.54 Å². The van der Waals surface area contributed by atoms with E-state index < -0.39 is 0 Å². The molecule has 0 bridgehead atoms. The molecule has 1 amide bonds. The number of benzene rings is 1. The van der Waals surface area contributed by atoms with E-state index >= 15 is 0 Å². The number of carbonyl (C=O) groups excluding carboxylic acids is 1. The summed E-state index contributed by atoms with van der Waals surface area (Å²) >= 11 is 0. The zero-order valence-corrected chi connectivity index (χ0v) is 14.6. The molecule has 0 spiro atoms. The Bertz CT molecular complexity index is 926. The molecular formula is C17H21N7O. The highest BCUT2D eigenvalue weighted by molar-refractivity contribution is 5.97. The SMILES string of the molecule is Cc1nnc2n1[C@@H](CC(C)C)CN(C(=O)c1ccc3n[nH]nc3c1)C2. The van der Waals surface area contributed by atoms with Crippen molar-refractivity contribution in [2.45, 2.75) is 39.8 Å². The normalized spacial score (nSPS) is 17.3. The standard InChI is InChI=1S/C17H21N7O/c1-10(2)6-13-8-23(9-16-21-18-11(3)24(13)16)17(25)12-4-5-14-15(7-12)20-22-19-14/h4-5,7,10,13H,6,8-9H2,1-3H3,(H,19,20,22)/t13-/m0/s1. The van der Waals surface area contributed by atoms with Crippen LogP contribution in [0, 0.1) is 12.8 Å². The van der Waals surface area contributed by atoms with E-state index in [-0.39, 0.29) is 11.9 Å². The highest BCUT2D eigenvalue weighted by atomic mass is 16.2. The molecule has 8 heteroatoms. The molecule has 3 aromatic rings. The first-order chi connectivity index (χ1) is 12.0. The van der Waals surface area contributed by atoms with Gasteiger partial charge in [0.15, 0.2) is 5.82 Å². The lowest BCUT2D eigenvalue weighted by molar-refractivity contribution is 0.0661. The minimum atomic E-state index is -0.00874. The predicted octanol–water partition coefficient (Wildman–Crippen LogP) is 2.10. The summed E-state index contributed by atoms with van der Waals surface area (Å²) in [6.07, 6.45) is 0.984. The third-order valence-electron chi connectivity index (χ3n) is 4.66. The summed E-state index contributed by atoms with van der Waals surface area (Å²) in [5.41, 5.74) is 2.07. The number of rotatable bonds is 3. The summed E-state index contributed by atoms with van der Waals surface area (Å²) < 4.78 is 2.19. The molecule has 0 radical (unpaired) electrons. The van der Waals surface area contributed by atoms with Crippen molar-refractivity contribution in [2.75, 3.05) is 6.54 Å². The van der Waals surface area contributed by atoms with E-state index in [9.17, 15) is 4.79 Å². The fraction of sp³-hybridized carbons (Fsp3) is 0.471. The maximum atomic E-state index is 13.0. The Kier molecular flexibility index (Phi) is 3.74. The second kappa shape index (κ2) is 5.94. The Morgan fingerprint density at radius 3 is 2.88 bits per heavy atom. The van der Waals surface area contributed by atoms with Gasteiger partial charge in [0.1, 0.15) is 16.9 Å². The molecule has 1 atom stereocenters. The smallest absolute Gasteiger partial charge is 0.254 e. The van der Waals surface area contributed by atoms with E-state index in [1.54, 1.807) is 12.1 Å². The number of amides is 1. The van der Waals surface area contributed by atoms with E-state index in [4.69, 9.17) is 0 Å². The number of aryl methyl sites for hydroxylation is 1. The highest BCUT2D eigenvalue weighted by Gasteiger charge is 2.31. The van der Waals surface area contributed by atoms with Crippen molar-refractivity contribution in [3.8, 4) is 0 Å². The maximum Gasteiger partial charge on any atom is 0.254 e. The lowest BCUT2D eigenvalue weighted by Gasteiger charge is -2.35. The van der Waals surface area contributed by atoms with Gasteiger partial charge >= 0.3 is 0 Å². The molecule has 0 aliphatic carbocycles. The van der Waals surface area contributed by atoms with Crippen molar-refractivity contribution < 1.29 is 4.79 Å². The van der Waals surface area contributed by atoms with Crippen LogP contribution in [0.4, 0.5) is 0 Å². The molecule has 1 N–H and O–H groups in total. The second-order valence-electron chi connectivity index (χ2n) is 7.03. The number of fused-ring (bicyclic) bond motifs is 2. The first kappa shape index (κ1) is 15.7. The van der Waals surface area contributed by atoms with E-state index in [0.717, 1.165) is 23.6 Å². The van der Waals surface area contributed by atoms with Crippen LogP contribution < -0.4 is 0 Å². The van der Waals surface area contributed by atoms with Gasteiger partial charge in [-0.25, -0.2) is 0 Å². The number of hydrogen-bond acceptors (Lipinski definition) is 5. The maximum absolute atomic E-state index is 13.0. The van der Waals surface area contributed by atoms with Crippen molar-refractivity contribution in [3.05, 3.63) is 35.4 Å². The Hall–Kier alpha value is -2.77. The fourth-order valence-electron chi connectivity index (χ4n) is 3.60. The zero-order chi connectivity index (χ0) is 17.6. The van der Waals surface area contributed by atoms with Gasteiger partial charge in [-0.3, -0.25) is 4.79 Å². The Balaban J connectivity index is 1.64. The van der Waals surface area contributed by atoms with E-state index in [0.29, 0.717) is 30.1 Å². The number of hydrogen-bond donors (Lipinski definition) is 1. The number of nitrogens with zero attached hydrogens (tertiary/aromatic N) is 6. The summed E-state index contributed by atoms with van der Waals surface area (Å²) in [7, 11) is 0. The number of nitrogens with one attached hydrogen (secondary N) is 1. The third kappa shape index (κ3) is 2.77. The molecule has 4 rings (SSSR count). The summed E-state index contributed by atoms with van der Waals surface area (Å²) in [5, 5.41) is 19.2. The minimum Gasteiger partial charge on any atom is -0.329 e. The number of aromatic nitrogens is 6. The minimum absolute atomic E-state index is 0.00874. The van der Waals surface area contributed by atoms with Crippen LogP contribution in [0.15, 0.2) is 18.2 Å². The quantitative estimate of drug-likeness (QED) is 0.789. The molecular weight excluding hydrogens is 318 g/mol. The summed E-state index contributed by atoms with van der Waals surface area (Å²) in [5.74, 6) is 2.29. The van der Waals surface area contributed by atoms with Crippen LogP contribution in [0.2, 0.25) is 0 Å². The lowest BCUT2D eigenvalue weighted by Crippen LogP contribution is -2.42. The zero-order valence-electron chi connectivity index (χ0n) is 14.6. The molecule has 8 nitrogen and oxygen atoms in total. The largest absolute Gasteiger partial charge is 0.329 e. The van der Waals surface area contributed by atoms with Crippen molar-refractivity contribution >= 4 is 16.9 Å². The molecule has 3 heterocycles. The summed E-state index contributed by atoms with van der Waals surface area (Å²) in [4.78, 5) is 14.9. The number of aromatic amines is 1. The molecule has 0 fully saturated rings. The molecule has 0 saturated heterocycles. The van der Waals surface area contributed by atoms with Gasteiger partial charge in [0.2, 0.25) is 0 Å². The van der Waals surface area contributed by atoms with Gasteiger partial charge in [0.05, 0.1) is 12.6 Å². The van der Waals surface area contributed by atoms with Gasteiger partial charge in [-0.05, 0) is 37.5 Å². The Morgan fingerprint density at radius 1 is 1.28 bits per heavy atom. The molecule has 25 heavy (non-hydrogen) atoms. The van der Waals surface area contributed by atoms with E-state index in [1.807, 2.05) is 17.9 Å². The van der Waals surface area contributed by atoms with Crippen molar-refractivity contribution in [2.24, 2.45) is 5.92 Å². The van der Waals surface area contributed by atoms with Crippen LogP contribution in [0.25, 0.3) is 11.0 Å². The van der Waals surface area contributed by atoms with Gasteiger partial charge in [-0.1, -0.05) is 13.8 Å². The average Bonchev–Trinajstić information content (AvgIpc) is 3.19. The lowest BCUT2D eigenvalue weighted by atomic mass is 10.0. The summed E-state index contributed by atoms with van der Waals surface area (Å²) in [6.45, 7) is 7.50. The van der Waals surface area contributed by atoms with Crippen LogP contribution in [0.1, 0.15) is 48.3 Å². The van der Waals surface area contributed by atoms with Crippen molar-refractivity contribution in [1.82, 2.24) is 35.1 Å². The van der Waals surface area contributed by atoms with Gasteiger partial charge in [0, 0.05) is 12.1 Å². The van der Waals surface area contributed by atoms with E-state index in [2.05, 4.69) is 44.0 Å². The number of carbonyl (C=O) groups is 1. The van der Waals surface area contributed by atoms with Gasteiger partial charge in [0.25, 0.3) is 5.91 Å². The van der Waals surface area contributed by atoms with Crippen LogP contribution >= 0.6 is 0 Å². The third-order valence-corrected chi connectivity index (χ3v) is 4.66. The topological polar surface area (TPSA) is 92.6 Å². The van der Waals surface area contributed by atoms with E-state index in [1.165, 1.54) is 0 Å². The predicted molar refractivity (Wildman–Crippen MR) is 91.9 cm³/mol.